The second-order valence-corrected chi connectivity index (χ2v) is 9.00. The summed E-state index contributed by atoms with van der Waals surface area (Å²) in [7, 11) is 0. The number of piperidine rings is 1. The van der Waals surface area contributed by atoms with Crippen molar-refractivity contribution in [3.63, 3.8) is 0 Å². The van der Waals surface area contributed by atoms with Crippen LogP contribution in [0, 0.1) is 6.92 Å². The lowest BCUT2D eigenvalue weighted by Gasteiger charge is -2.28. The number of hydrogen-bond acceptors (Lipinski definition) is 8. The Hall–Kier alpha value is -3.07. The standard InChI is InChI=1S/C22H24N6O2S/c1-15-8-10-17(11-9-15)28-21(27-12-4-3-5-13-27)24-25-22(28)31-16(2)20-23-19(26-30-20)18-7-6-14-29-18/h6-11,14,16H,3-5,12-13H2,1-2H3/t16-/m1/s1. The Labute approximate surface area is 184 Å². The van der Waals surface area contributed by atoms with Gasteiger partial charge in [0.25, 0.3) is 0 Å². The summed E-state index contributed by atoms with van der Waals surface area (Å²) in [5.74, 6) is 2.44. The van der Waals surface area contributed by atoms with Gasteiger partial charge in [-0.25, -0.2) is 0 Å². The number of hydrogen-bond donors (Lipinski definition) is 0. The van der Waals surface area contributed by atoms with E-state index in [1.807, 2.05) is 13.0 Å². The highest BCUT2D eigenvalue weighted by molar-refractivity contribution is 7.99. The highest BCUT2D eigenvalue weighted by Crippen LogP contribution is 2.37. The number of rotatable bonds is 6. The van der Waals surface area contributed by atoms with Crippen LogP contribution in [-0.4, -0.2) is 38.0 Å². The molecule has 0 N–H and O–H groups in total. The summed E-state index contributed by atoms with van der Waals surface area (Å²) in [6.07, 6.45) is 5.22. The van der Waals surface area contributed by atoms with E-state index in [4.69, 9.17) is 8.94 Å². The summed E-state index contributed by atoms with van der Waals surface area (Å²) in [4.78, 5) is 6.83. The van der Waals surface area contributed by atoms with Gasteiger partial charge in [-0.2, -0.15) is 4.98 Å². The van der Waals surface area contributed by atoms with Crippen molar-refractivity contribution in [1.29, 1.82) is 0 Å². The van der Waals surface area contributed by atoms with Gasteiger partial charge in [0.1, 0.15) is 0 Å². The minimum atomic E-state index is -0.0983. The molecule has 160 valence electrons. The predicted octanol–water partition coefficient (Wildman–Crippen LogP) is 5.06. The van der Waals surface area contributed by atoms with E-state index in [1.54, 1.807) is 24.1 Å². The lowest BCUT2D eigenvalue weighted by molar-refractivity contribution is 0.379. The Bertz CT molecular complexity index is 1130. The molecule has 31 heavy (non-hydrogen) atoms. The summed E-state index contributed by atoms with van der Waals surface area (Å²) in [5.41, 5.74) is 2.27. The summed E-state index contributed by atoms with van der Waals surface area (Å²) in [6.45, 7) is 6.12. The van der Waals surface area contributed by atoms with E-state index in [9.17, 15) is 0 Å². The maximum atomic E-state index is 5.50. The van der Waals surface area contributed by atoms with Gasteiger partial charge in [0.2, 0.25) is 17.7 Å². The normalized spacial score (nSPS) is 15.4. The van der Waals surface area contributed by atoms with Crippen LogP contribution in [0.5, 0.6) is 0 Å². The molecule has 0 bridgehead atoms. The van der Waals surface area contributed by atoms with E-state index in [0.717, 1.165) is 29.9 Å². The van der Waals surface area contributed by atoms with Crippen LogP contribution in [0.4, 0.5) is 5.95 Å². The highest BCUT2D eigenvalue weighted by Gasteiger charge is 2.25. The maximum Gasteiger partial charge on any atom is 0.240 e. The number of nitrogens with zero attached hydrogens (tertiary/aromatic N) is 6. The first-order valence-electron chi connectivity index (χ1n) is 10.5. The lowest BCUT2D eigenvalue weighted by atomic mass is 10.1. The third kappa shape index (κ3) is 4.10. The van der Waals surface area contributed by atoms with Crippen LogP contribution in [0.25, 0.3) is 17.3 Å². The molecule has 0 unspecified atom stereocenters. The number of anilines is 1. The zero-order valence-corrected chi connectivity index (χ0v) is 18.4. The molecule has 3 aromatic heterocycles. The highest BCUT2D eigenvalue weighted by atomic mass is 32.2. The Balaban J connectivity index is 1.45. The van der Waals surface area contributed by atoms with Gasteiger partial charge in [0.05, 0.1) is 17.2 Å². The molecule has 4 aromatic rings. The van der Waals surface area contributed by atoms with Crippen LogP contribution in [0.3, 0.4) is 0 Å². The second-order valence-electron chi connectivity index (χ2n) is 7.69. The SMILES string of the molecule is Cc1ccc(-n2c(S[C@H](C)c3nc(-c4ccco4)no3)nnc2N2CCCCC2)cc1. The van der Waals surface area contributed by atoms with Crippen molar-refractivity contribution in [1.82, 2.24) is 24.9 Å². The number of furan rings is 1. The molecule has 0 saturated carbocycles. The van der Waals surface area contributed by atoms with Gasteiger partial charge in [-0.3, -0.25) is 4.57 Å². The van der Waals surface area contributed by atoms with E-state index >= 15 is 0 Å². The number of aryl methyl sites for hydroxylation is 1. The monoisotopic (exact) mass is 436 g/mol. The van der Waals surface area contributed by atoms with Crippen molar-refractivity contribution in [2.45, 2.75) is 43.5 Å². The molecule has 1 atom stereocenters. The van der Waals surface area contributed by atoms with Gasteiger partial charge in [0.15, 0.2) is 10.9 Å². The largest absolute Gasteiger partial charge is 0.461 e. The van der Waals surface area contributed by atoms with Crippen molar-refractivity contribution in [3.05, 3.63) is 54.1 Å². The molecule has 5 rings (SSSR count). The quantitative estimate of drug-likeness (QED) is 0.388. The molecular weight excluding hydrogens is 412 g/mol. The molecule has 1 saturated heterocycles. The molecular formula is C22H24N6O2S. The fourth-order valence-corrected chi connectivity index (χ4v) is 4.57. The van der Waals surface area contributed by atoms with Crippen LogP contribution in [-0.2, 0) is 0 Å². The van der Waals surface area contributed by atoms with Gasteiger partial charge in [-0.15, -0.1) is 10.2 Å². The van der Waals surface area contributed by atoms with Gasteiger partial charge in [-0.1, -0.05) is 34.6 Å². The van der Waals surface area contributed by atoms with Crippen LogP contribution in [0.15, 0.2) is 56.8 Å². The van der Waals surface area contributed by atoms with Crippen molar-refractivity contribution >= 4 is 17.7 Å². The molecule has 0 spiro atoms. The van der Waals surface area contributed by atoms with Gasteiger partial charge >= 0.3 is 0 Å². The van der Waals surface area contributed by atoms with E-state index in [0.29, 0.717) is 17.5 Å². The smallest absolute Gasteiger partial charge is 0.240 e. The van der Waals surface area contributed by atoms with E-state index < -0.39 is 0 Å². The van der Waals surface area contributed by atoms with Crippen LogP contribution in [0.2, 0.25) is 0 Å². The van der Waals surface area contributed by atoms with E-state index in [1.165, 1.54) is 24.8 Å². The predicted molar refractivity (Wildman–Crippen MR) is 118 cm³/mol. The fourth-order valence-electron chi connectivity index (χ4n) is 3.67. The number of benzene rings is 1. The van der Waals surface area contributed by atoms with E-state index in [2.05, 4.69) is 61.0 Å². The lowest BCUT2D eigenvalue weighted by Crippen LogP contribution is -2.31. The Morgan fingerprint density at radius 3 is 2.58 bits per heavy atom. The molecule has 0 amide bonds. The maximum absolute atomic E-state index is 5.50. The van der Waals surface area contributed by atoms with Crippen molar-refractivity contribution in [3.8, 4) is 17.3 Å². The molecule has 1 aliphatic rings. The van der Waals surface area contributed by atoms with Crippen LogP contribution < -0.4 is 4.90 Å². The van der Waals surface area contributed by atoms with Gasteiger partial charge in [0, 0.05) is 13.1 Å². The fraction of sp³-hybridized carbons (Fsp3) is 0.364. The molecule has 0 aliphatic carbocycles. The topological polar surface area (TPSA) is 86.0 Å². The molecule has 1 aliphatic heterocycles. The first-order valence-corrected chi connectivity index (χ1v) is 11.4. The second kappa shape index (κ2) is 8.58. The van der Waals surface area contributed by atoms with E-state index in [-0.39, 0.29) is 5.25 Å². The molecule has 1 fully saturated rings. The molecule has 8 nitrogen and oxygen atoms in total. The Morgan fingerprint density at radius 1 is 1.03 bits per heavy atom. The Kier molecular flexibility index (Phi) is 5.50. The van der Waals surface area contributed by atoms with Crippen molar-refractivity contribution in [2.24, 2.45) is 0 Å². The summed E-state index contributed by atoms with van der Waals surface area (Å²) in [6, 6.07) is 12.1. The average molecular weight is 437 g/mol. The number of aromatic nitrogens is 5. The summed E-state index contributed by atoms with van der Waals surface area (Å²) in [5, 5.41) is 13.9. The van der Waals surface area contributed by atoms with Gasteiger partial charge in [-0.05, 0) is 57.4 Å². The number of thioether (sulfide) groups is 1. The molecule has 0 radical (unpaired) electrons. The van der Waals surface area contributed by atoms with Crippen molar-refractivity contribution in [2.75, 3.05) is 18.0 Å². The minimum Gasteiger partial charge on any atom is -0.461 e. The summed E-state index contributed by atoms with van der Waals surface area (Å²) >= 11 is 1.55. The molecule has 1 aromatic carbocycles. The minimum absolute atomic E-state index is 0.0983. The van der Waals surface area contributed by atoms with Crippen LogP contribution in [0.1, 0.15) is 42.9 Å². The third-order valence-corrected chi connectivity index (χ3v) is 6.39. The van der Waals surface area contributed by atoms with Crippen molar-refractivity contribution < 1.29 is 8.94 Å². The first-order chi connectivity index (χ1) is 15.2. The zero-order chi connectivity index (χ0) is 21.2. The van der Waals surface area contributed by atoms with Gasteiger partial charge < -0.3 is 13.8 Å². The third-order valence-electron chi connectivity index (χ3n) is 5.36. The first kappa shape index (κ1) is 19.9. The molecule has 4 heterocycles. The van der Waals surface area contributed by atoms with Crippen LogP contribution >= 0.6 is 11.8 Å². The molecule has 9 heteroatoms. The summed E-state index contributed by atoms with van der Waals surface area (Å²) < 4.78 is 13.0. The Morgan fingerprint density at radius 2 is 1.84 bits per heavy atom. The zero-order valence-electron chi connectivity index (χ0n) is 17.6. The average Bonchev–Trinajstić information content (AvgIpc) is 3.55.